The zero-order chi connectivity index (χ0) is 19.9. The minimum Gasteiger partial charge on any atom is -0.488 e. The van der Waals surface area contributed by atoms with Gasteiger partial charge < -0.3 is 20.3 Å². The number of alkyl halides is 2. The molecule has 0 atom stereocenters. The summed E-state index contributed by atoms with van der Waals surface area (Å²) in [6.07, 6.45) is 5.47. The smallest absolute Gasteiger partial charge is 0.224 e. The largest absolute Gasteiger partial charge is 0.488 e. The lowest BCUT2D eigenvalue weighted by atomic mass is 10.2. The number of ether oxygens (including phenoxy) is 2. The van der Waals surface area contributed by atoms with Gasteiger partial charge in [0, 0.05) is 22.7 Å². The summed E-state index contributed by atoms with van der Waals surface area (Å²) in [7, 11) is 0. The van der Waals surface area contributed by atoms with Crippen LogP contribution in [0.2, 0.25) is 5.28 Å². The summed E-state index contributed by atoms with van der Waals surface area (Å²) < 4.78 is 11.4. The number of aromatic nitrogens is 2. The van der Waals surface area contributed by atoms with Gasteiger partial charge in [0.05, 0.1) is 17.3 Å². The highest BCUT2D eigenvalue weighted by molar-refractivity contribution is 6.29. The number of benzene rings is 2. The van der Waals surface area contributed by atoms with Crippen molar-refractivity contribution in [3.63, 3.8) is 0 Å². The summed E-state index contributed by atoms with van der Waals surface area (Å²) in [5.41, 5.74) is 2.12. The van der Waals surface area contributed by atoms with Crippen molar-refractivity contribution in [1.29, 1.82) is 0 Å². The minimum atomic E-state index is 0. The summed E-state index contributed by atoms with van der Waals surface area (Å²) >= 11 is 17.6. The third-order valence-electron chi connectivity index (χ3n) is 3.70. The number of rotatable bonds is 8. The average Bonchev–Trinajstić information content (AvgIpc) is 2.70. The Hall–Kier alpha value is -2.43. The predicted octanol–water partition coefficient (Wildman–Crippen LogP) is 4.42. The van der Waals surface area contributed by atoms with Crippen molar-refractivity contribution in [2.24, 2.45) is 0 Å². The van der Waals surface area contributed by atoms with E-state index in [1.165, 1.54) is 0 Å². The molecule has 9 heteroatoms. The molecule has 0 amide bonds. The van der Waals surface area contributed by atoms with Crippen LogP contribution in [0.25, 0.3) is 10.9 Å². The SMILES string of the molecule is C#Cc1cccc(Nc2nc(Cl)nc3cc(OCCCl)c(OCCCl)cc23)c1.O. The molecular weight excluding hydrogens is 437 g/mol. The first-order chi connectivity index (χ1) is 13.6. The molecule has 1 heterocycles. The third-order valence-corrected chi connectivity index (χ3v) is 4.17. The van der Waals surface area contributed by atoms with Gasteiger partial charge in [-0.3, -0.25) is 0 Å². The van der Waals surface area contributed by atoms with Gasteiger partial charge >= 0.3 is 0 Å². The van der Waals surface area contributed by atoms with Crippen molar-refractivity contribution >= 4 is 57.2 Å². The number of hydrogen-bond acceptors (Lipinski definition) is 5. The first-order valence-electron chi connectivity index (χ1n) is 8.37. The summed E-state index contributed by atoms with van der Waals surface area (Å²) in [4.78, 5) is 8.60. The summed E-state index contributed by atoms with van der Waals surface area (Å²) in [5, 5.41) is 4.04. The van der Waals surface area contributed by atoms with E-state index in [1.807, 2.05) is 24.3 Å². The van der Waals surface area contributed by atoms with Gasteiger partial charge in [-0.05, 0) is 35.9 Å². The normalized spacial score (nSPS) is 10.1. The molecule has 1 aromatic heterocycles. The molecule has 0 unspecified atom stereocenters. The zero-order valence-corrected chi connectivity index (χ0v) is 17.5. The lowest BCUT2D eigenvalue weighted by molar-refractivity contribution is 0.291. The van der Waals surface area contributed by atoms with Gasteiger partial charge in [-0.1, -0.05) is 12.0 Å². The number of terminal acetylenes is 1. The van der Waals surface area contributed by atoms with Crippen LogP contribution in [-0.2, 0) is 0 Å². The molecule has 0 spiro atoms. The van der Waals surface area contributed by atoms with E-state index in [-0.39, 0.29) is 10.8 Å². The minimum absolute atomic E-state index is 0. The Morgan fingerprint density at radius 3 is 2.34 bits per heavy atom. The highest BCUT2D eigenvalue weighted by Gasteiger charge is 2.14. The molecule has 6 nitrogen and oxygen atoms in total. The Kier molecular flexibility index (Phi) is 8.62. The van der Waals surface area contributed by atoms with E-state index in [0.717, 1.165) is 11.3 Å². The van der Waals surface area contributed by atoms with Gasteiger partial charge in [0.25, 0.3) is 0 Å². The van der Waals surface area contributed by atoms with Crippen molar-refractivity contribution < 1.29 is 14.9 Å². The molecule has 0 aliphatic carbocycles. The maximum Gasteiger partial charge on any atom is 0.224 e. The molecule has 3 N–H and O–H groups in total. The Morgan fingerprint density at radius 2 is 1.69 bits per heavy atom. The van der Waals surface area contributed by atoms with E-state index in [0.29, 0.717) is 53.2 Å². The first-order valence-corrected chi connectivity index (χ1v) is 9.82. The van der Waals surface area contributed by atoms with Crippen molar-refractivity contribution in [1.82, 2.24) is 9.97 Å². The lowest BCUT2D eigenvalue weighted by Crippen LogP contribution is -2.05. The Labute approximate surface area is 183 Å². The van der Waals surface area contributed by atoms with Gasteiger partial charge in [0.2, 0.25) is 5.28 Å². The summed E-state index contributed by atoms with van der Waals surface area (Å²) in [5.74, 6) is 4.83. The van der Waals surface area contributed by atoms with Gasteiger partial charge in [0.15, 0.2) is 11.5 Å². The number of nitrogens with one attached hydrogen (secondary N) is 1. The molecule has 2 aromatic carbocycles. The lowest BCUT2D eigenvalue weighted by Gasteiger charge is -2.15. The van der Waals surface area contributed by atoms with Crippen LogP contribution in [-0.4, -0.2) is 40.4 Å². The maximum atomic E-state index is 6.12. The molecule has 29 heavy (non-hydrogen) atoms. The fraction of sp³-hybridized carbons (Fsp3) is 0.200. The van der Waals surface area contributed by atoms with Gasteiger partial charge in [-0.25, -0.2) is 4.98 Å². The molecule has 3 aromatic rings. The topological polar surface area (TPSA) is 87.8 Å². The monoisotopic (exact) mass is 453 g/mol. The summed E-state index contributed by atoms with van der Waals surface area (Å²) in [6.45, 7) is 0.652. The van der Waals surface area contributed by atoms with Crippen molar-refractivity contribution in [2.45, 2.75) is 0 Å². The second kappa shape index (κ2) is 10.9. The van der Waals surface area contributed by atoms with Crippen LogP contribution in [0.3, 0.4) is 0 Å². The molecule has 0 aliphatic heterocycles. The Bertz CT molecular complexity index is 1030. The van der Waals surface area contributed by atoms with E-state index >= 15 is 0 Å². The van der Waals surface area contributed by atoms with Crippen LogP contribution in [0.4, 0.5) is 11.5 Å². The van der Waals surface area contributed by atoms with Gasteiger partial charge in [-0.2, -0.15) is 4.98 Å². The van der Waals surface area contributed by atoms with Crippen LogP contribution in [0.15, 0.2) is 36.4 Å². The van der Waals surface area contributed by atoms with Crippen molar-refractivity contribution in [3.05, 3.63) is 47.2 Å². The summed E-state index contributed by atoms with van der Waals surface area (Å²) in [6, 6.07) is 10.9. The number of fused-ring (bicyclic) bond motifs is 1. The van der Waals surface area contributed by atoms with E-state index in [9.17, 15) is 0 Å². The third kappa shape index (κ3) is 5.78. The molecule has 152 valence electrons. The van der Waals surface area contributed by atoms with Gasteiger partial charge in [-0.15, -0.1) is 29.6 Å². The molecule has 0 bridgehead atoms. The van der Waals surface area contributed by atoms with E-state index in [2.05, 4.69) is 21.2 Å². The molecule has 0 aliphatic rings. The van der Waals surface area contributed by atoms with Crippen LogP contribution >= 0.6 is 34.8 Å². The van der Waals surface area contributed by atoms with E-state index in [4.69, 9.17) is 50.7 Å². The number of anilines is 2. The molecular formula is C20H18Cl3N3O3. The molecule has 0 saturated carbocycles. The zero-order valence-electron chi connectivity index (χ0n) is 15.2. The van der Waals surface area contributed by atoms with E-state index in [1.54, 1.807) is 12.1 Å². The van der Waals surface area contributed by atoms with Gasteiger partial charge in [0.1, 0.15) is 19.0 Å². The maximum absolute atomic E-state index is 6.12. The highest BCUT2D eigenvalue weighted by atomic mass is 35.5. The second-order valence-electron chi connectivity index (χ2n) is 5.58. The fourth-order valence-corrected chi connectivity index (χ4v) is 2.88. The number of halogens is 3. The Balaban J connectivity index is 0.00000300. The highest BCUT2D eigenvalue weighted by Crippen LogP contribution is 2.36. The Morgan fingerprint density at radius 1 is 1.00 bits per heavy atom. The fourth-order valence-electron chi connectivity index (χ4n) is 2.55. The van der Waals surface area contributed by atoms with Crippen molar-refractivity contribution in [3.8, 4) is 23.8 Å². The molecule has 0 radical (unpaired) electrons. The number of hydrogen-bond donors (Lipinski definition) is 1. The molecule has 0 saturated heterocycles. The van der Waals surface area contributed by atoms with Crippen LogP contribution in [0.1, 0.15) is 5.56 Å². The first kappa shape index (κ1) is 22.9. The molecule has 3 rings (SSSR count). The van der Waals surface area contributed by atoms with Crippen LogP contribution in [0.5, 0.6) is 11.5 Å². The predicted molar refractivity (Wildman–Crippen MR) is 118 cm³/mol. The van der Waals surface area contributed by atoms with Crippen LogP contribution < -0.4 is 14.8 Å². The average molecular weight is 455 g/mol. The van der Waals surface area contributed by atoms with E-state index < -0.39 is 0 Å². The quantitative estimate of drug-likeness (QED) is 0.309. The second-order valence-corrected chi connectivity index (χ2v) is 6.68. The van der Waals surface area contributed by atoms with Crippen molar-refractivity contribution in [2.75, 3.05) is 30.3 Å². The number of nitrogens with zero attached hydrogens (tertiary/aromatic N) is 2. The molecule has 0 fully saturated rings. The standard InChI is InChI=1S/C20H16Cl3N3O2.H2O/c1-2-13-4-3-5-14(10-13)24-19-15-11-17(27-8-6-21)18(28-9-7-22)12-16(15)25-20(23)26-19;/h1,3-5,10-12H,6-9H2,(H,24,25,26);1H2. The van der Waals surface area contributed by atoms with Crippen LogP contribution in [0, 0.1) is 12.3 Å².